The van der Waals surface area contributed by atoms with Crippen LogP contribution >= 0.6 is 0 Å². The fraction of sp³-hybridized carbons (Fsp3) is 0.778. The monoisotopic (exact) mass is 182 g/mol. The van der Waals surface area contributed by atoms with Crippen molar-refractivity contribution in [1.82, 2.24) is 10.2 Å². The fourth-order valence-electron chi connectivity index (χ4n) is 1.76. The molecule has 0 aromatic rings. The van der Waals surface area contributed by atoms with Crippen molar-refractivity contribution in [1.29, 1.82) is 0 Å². The van der Waals surface area contributed by atoms with Gasteiger partial charge < -0.3 is 4.90 Å². The first-order valence-corrected chi connectivity index (χ1v) is 4.84. The number of carbonyl (C=O) groups excluding carboxylic acids is 2. The van der Waals surface area contributed by atoms with Gasteiger partial charge in [0, 0.05) is 19.5 Å². The van der Waals surface area contributed by atoms with Gasteiger partial charge in [-0.2, -0.15) is 0 Å². The van der Waals surface area contributed by atoms with Crippen molar-refractivity contribution in [3.8, 4) is 0 Å². The molecule has 4 heteroatoms. The topological polar surface area (TPSA) is 49.4 Å². The van der Waals surface area contributed by atoms with Gasteiger partial charge in [-0.25, -0.2) is 4.79 Å². The van der Waals surface area contributed by atoms with Crippen LogP contribution in [0.5, 0.6) is 0 Å². The highest BCUT2D eigenvalue weighted by Crippen LogP contribution is 2.27. The molecular weight excluding hydrogens is 168 g/mol. The van der Waals surface area contributed by atoms with Crippen molar-refractivity contribution >= 4 is 11.9 Å². The van der Waals surface area contributed by atoms with Crippen molar-refractivity contribution in [3.63, 3.8) is 0 Å². The number of hydrogen-bond acceptors (Lipinski definition) is 2. The summed E-state index contributed by atoms with van der Waals surface area (Å²) in [5, 5.41) is 2.33. The Labute approximate surface area is 77.3 Å². The van der Waals surface area contributed by atoms with E-state index in [1.165, 1.54) is 19.3 Å². The van der Waals surface area contributed by atoms with Gasteiger partial charge in [0.15, 0.2) is 0 Å². The summed E-state index contributed by atoms with van der Waals surface area (Å²) in [4.78, 5) is 23.9. The molecule has 72 valence electrons. The Morgan fingerprint density at radius 2 is 2.15 bits per heavy atom. The zero-order chi connectivity index (χ0) is 9.26. The lowest BCUT2D eigenvalue weighted by Gasteiger charge is -2.34. The highest BCUT2D eigenvalue weighted by molar-refractivity contribution is 5.96. The standard InChI is InChI=1S/C9H14N2O2/c12-8-4-5-11(9(13)10-8)6-7-2-1-3-7/h7H,1-6H2,(H,10,12,13). The molecule has 0 radical (unpaired) electrons. The number of imide groups is 1. The highest BCUT2D eigenvalue weighted by atomic mass is 16.2. The zero-order valence-electron chi connectivity index (χ0n) is 7.58. The summed E-state index contributed by atoms with van der Waals surface area (Å²) in [6.07, 6.45) is 4.22. The van der Waals surface area contributed by atoms with Crippen LogP contribution in [0.15, 0.2) is 0 Å². The van der Waals surface area contributed by atoms with Crippen LogP contribution in [-0.4, -0.2) is 29.9 Å². The summed E-state index contributed by atoms with van der Waals surface area (Å²) < 4.78 is 0. The summed E-state index contributed by atoms with van der Waals surface area (Å²) >= 11 is 0. The molecule has 2 rings (SSSR count). The van der Waals surface area contributed by atoms with Crippen molar-refractivity contribution < 1.29 is 9.59 Å². The Hall–Kier alpha value is -1.06. The van der Waals surface area contributed by atoms with E-state index in [1.807, 2.05) is 0 Å². The maximum atomic E-state index is 11.3. The van der Waals surface area contributed by atoms with E-state index in [2.05, 4.69) is 5.32 Å². The Bertz CT molecular complexity index is 236. The molecule has 1 aliphatic heterocycles. The van der Waals surface area contributed by atoms with Gasteiger partial charge in [-0.3, -0.25) is 10.1 Å². The van der Waals surface area contributed by atoms with E-state index in [1.54, 1.807) is 4.90 Å². The van der Waals surface area contributed by atoms with E-state index in [0.717, 1.165) is 6.54 Å². The smallest absolute Gasteiger partial charge is 0.324 e. The predicted molar refractivity (Wildman–Crippen MR) is 47.1 cm³/mol. The number of nitrogens with zero attached hydrogens (tertiary/aromatic N) is 1. The second-order valence-corrected chi connectivity index (χ2v) is 3.85. The van der Waals surface area contributed by atoms with E-state index >= 15 is 0 Å². The Kier molecular flexibility index (Phi) is 2.20. The molecule has 1 N–H and O–H groups in total. The molecule has 4 nitrogen and oxygen atoms in total. The first kappa shape index (κ1) is 8.53. The predicted octanol–water partition coefficient (Wildman–Crippen LogP) is 0.728. The van der Waals surface area contributed by atoms with E-state index in [4.69, 9.17) is 0 Å². The van der Waals surface area contributed by atoms with Crippen molar-refractivity contribution in [2.24, 2.45) is 5.92 Å². The first-order valence-electron chi connectivity index (χ1n) is 4.84. The van der Waals surface area contributed by atoms with Gasteiger partial charge in [-0.15, -0.1) is 0 Å². The van der Waals surface area contributed by atoms with Crippen LogP contribution in [0.4, 0.5) is 4.79 Å². The molecule has 1 aliphatic carbocycles. The Balaban J connectivity index is 1.84. The third kappa shape index (κ3) is 1.82. The third-order valence-electron chi connectivity index (χ3n) is 2.85. The van der Waals surface area contributed by atoms with Crippen LogP contribution in [0.3, 0.4) is 0 Å². The lowest BCUT2D eigenvalue weighted by atomic mass is 9.85. The molecule has 0 bridgehead atoms. The summed E-state index contributed by atoms with van der Waals surface area (Å²) in [6, 6.07) is -0.205. The third-order valence-corrected chi connectivity index (χ3v) is 2.85. The fourth-order valence-corrected chi connectivity index (χ4v) is 1.76. The normalized spacial score (nSPS) is 24.2. The molecule has 0 aromatic carbocycles. The van der Waals surface area contributed by atoms with E-state index in [9.17, 15) is 9.59 Å². The largest absolute Gasteiger partial charge is 0.324 e. The SMILES string of the molecule is O=C1CCN(CC2CCC2)C(=O)N1. The molecular formula is C9H14N2O2. The molecule has 0 atom stereocenters. The van der Waals surface area contributed by atoms with Gasteiger partial charge >= 0.3 is 6.03 Å². The van der Waals surface area contributed by atoms with Crippen LogP contribution in [-0.2, 0) is 4.79 Å². The van der Waals surface area contributed by atoms with Gasteiger partial charge in [0.2, 0.25) is 5.91 Å². The quantitative estimate of drug-likeness (QED) is 0.684. The van der Waals surface area contributed by atoms with E-state index in [0.29, 0.717) is 18.9 Å². The van der Waals surface area contributed by atoms with Gasteiger partial charge in [-0.05, 0) is 18.8 Å². The highest BCUT2D eigenvalue weighted by Gasteiger charge is 2.27. The summed E-state index contributed by atoms with van der Waals surface area (Å²) in [7, 11) is 0. The molecule has 13 heavy (non-hydrogen) atoms. The minimum atomic E-state index is -0.205. The van der Waals surface area contributed by atoms with Crippen LogP contribution in [0.1, 0.15) is 25.7 Å². The molecule has 2 aliphatic rings. The van der Waals surface area contributed by atoms with Crippen LogP contribution < -0.4 is 5.32 Å². The first-order chi connectivity index (χ1) is 6.25. The lowest BCUT2D eigenvalue weighted by molar-refractivity contribution is -0.121. The number of nitrogens with one attached hydrogen (secondary N) is 1. The lowest BCUT2D eigenvalue weighted by Crippen LogP contribution is -2.51. The van der Waals surface area contributed by atoms with Gasteiger partial charge in [-0.1, -0.05) is 6.42 Å². The van der Waals surface area contributed by atoms with Crippen molar-refractivity contribution in [2.45, 2.75) is 25.7 Å². The van der Waals surface area contributed by atoms with Gasteiger partial charge in [0.05, 0.1) is 0 Å². The molecule has 3 amide bonds. The Morgan fingerprint density at radius 3 is 2.69 bits per heavy atom. The molecule has 0 spiro atoms. The molecule has 1 saturated carbocycles. The Morgan fingerprint density at radius 1 is 1.38 bits per heavy atom. The molecule has 1 saturated heterocycles. The second-order valence-electron chi connectivity index (χ2n) is 3.85. The maximum absolute atomic E-state index is 11.3. The van der Waals surface area contributed by atoms with Crippen molar-refractivity contribution in [3.05, 3.63) is 0 Å². The summed E-state index contributed by atoms with van der Waals surface area (Å²) in [5.74, 6) is 0.536. The number of amides is 3. The minimum absolute atomic E-state index is 0.144. The summed E-state index contributed by atoms with van der Waals surface area (Å²) in [6.45, 7) is 1.43. The average Bonchev–Trinajstić information content (AvgIpc) is 1.99. The number of carbonyl (C=O) groups is 2. The maximum Gasteiger partial charge on any atom is 0.324 e. The van der Waals surface area contributed by atoms with Crippen molar-refractivity contribution in [2.75, 3.05) is 13.1 Å². The zero-order valence-corrected chi connectivity index (χ0v) is 7.58. The van der Waals surface area contributed by atoms with Gasteiger partial charge in [0.25, 0.3) is 0 Å². The molecule has 0 unspecified atom stereocenters. The summed E-state index contributed by atoms with van der Waals surface area (Å²) in [5.41, 5.74) is 0. The van der Waals surface area contributed by atoms with Crippen LogP contribution in [0.25, 0.3) is 0 Å². The van der Waals surface area contributed by atoms with E-state index < -0.39 is 0 Å². The van der Waals surface area contributed by atoms with Crippen LogP contribution in [0, 0.1) is 5.92 Å². The van der Waals surface area contributed by atoms with Gasteiger partial charge in [0.1, 0.15) is 0 Å². The number of hydrogen-bond donors (Lipinski definition) is 1. The average molecular weight is 182 g/mol. The number of urea groups is 1. The number of rotatable bonds is 2. The van der Waals surface area contributed by atoms with Crippen LogP contribution in [0.2, 0.25) is 0 Å². The second kappa shape index (κ2) is 3.36. The molecule has 1 heterocycles. The minimum Gasteiger partial charge on any atom is -0.324 e. The molecule has 2 fully saturated rings. The van der Waals surface area contributed by atoms with E-state index in [-0.39, 0.29) is 11.9 Å². The molecule has 0 aromatic heterocycles.